The molecule has 0 aliphatic carbocycles. The first-order chi connectivity index (χ1) is 16.4. The lowest BCUT2D eigenvalue weighted by Gasteiger charge is -2.26. The van der Waals surface area contributed by atoms with E-state index < -0.39 is 0 Å². The van der Waals surface area contributed by atoms with Crippen molar-refractivity contribution >= 4 is 34.1 Å². The summed E-state index contributed by atoms with van der Waals surface area (Å²) >= 11 is 6.21. The van der Waals surface area contributed by atoms with Gasteiger partial charge in [-0.2, -0.15) is 0 Å². The summed E-state index contributed by atoms with van der Waals surface area (Å²) in [4.78, 5) is 35.7. The molecule has 1 aromatic heterocycles. The molecule has 1 N–H and O–H groups in total. The number of likely N-dealkylation sites (N-methyl/N-ethyl adjacent to an activating group) is 1. The van der Waals surface area contributed by atoms with Crippen LogP contribution in [0.25, 0.3) is 22.3 Å². The molecular formula is C26H32ClN5O2. The van der Waals surface area contributed by atoms with Crippen molar-refractivity contribution in [3.8, 4) is 11.4 Å². The van der Waals surface area contributed by atoms with E-state index in [-0.39, 0.29) is 18.0 Å². The molecule has 7 nitrogen and oxygen atoms in total. The topological polar surface area (TPSA) is 70.5 Å². The quantitative estimate of drug-likeness (QED) is 0.580. The Morgan fingerprint density at radius 2 is 1.94 bits per heavy atom. The number of carbonyl (C=O) groups is 1. The molecule has 1 fully saturated rings. The molecule has 0 radical (unpaired) electrons. The van der Waals surface area contributed by atoms with E-state index >= 15 is 0 Å². The summed E-state index contributed by atoms with van der Waals surface area (Å²) in [7, 11) is 0. The Morgan fingerprint density at radius 3 is 2.68 bits per heavy atom. The fraction of sp³-hybridized carbons (Fsp3) is 0.423. The van der Waals surface area contributed by atoms with Crippen LogP contribution in [0.2, 0.25) is 5.02 Å². The van der Waals surface area contributed by atoms with Crippen molar-refractivity contribution < 1.29 is 4.79 Å². The first-order valence-corrected chi connectivity index (χ1v) is 12.3. The average molecular weight is 482 g/mol. The van der Waals surface area contributed by atoms with Crippen LogP contribution in [0.4, 0.5) is 5.69 Å². The fourth-order valence-corrected chi connectivity index (χ4v) is 4.70. The molecule has 8 heteroatoms. The molecule has 1 aliphatic rings. The maximum Gasteiger partial charge on any atom is 0.262 e. The van der Waals surface area contributed by atoms with Gasteiger partial charge in [-0.15, -0.1) is 0 Å². The highest BCUT2D eigenvalue weighted by molar-refractivity contribution is 6.30. The third kappa shape index (κ3) is 5.26. The second-order valence-corrected chi connectivity index (χ2v) is 9.40. The normalized spacial score (nSPS) is 15.0. The maximum absolute atomic E-state index is 13.7. The van der Waals surface area contributed by atoms with E-state index in [9.17, 15) is 9.59 Å². The molecule has 0 saturated carbocycles. The highest BCUT2D eigenvalue weighted by Crippen LogP contribution is 2.25. The summed E-state index contributed by atoms with van der Waals surface area (Å²) < 4.78 is 1.45. The minimum atomic E-state index is -0.230. The van der Waals surface area contributed by atoms with Gasteiger partial charge in [0.25, 0.3) is 5.56 Å². The van der Waals surface area contributed by atoms with Gasteiger partial charge >= 0.3 is 0 Å². The van der Waals surface area contributed by atoms with Crippen molar-refractivity contribution in [2.45, 2.75) is 39.8 Å². The van der Waals surface area contributed by atoms with E-state index in [0.717, 1.165) is 38.3 Å². The number of fused-ring (bicyclic) bond motifs is 1. The van der Waals surface area contributed by atoms with Gasteiger partial charge in [0.1, 0.15) is 12.4 Å². The third-order valence-electron chi connectivity index (χ3n) is 6.32. The van der Waals surface area contributed by atoms with E-state index in [1.807, 2.05) is 37.3 Å². The predicted octanol–water partition coefficient (Wildman–Crippen LogP) is 3.77. The lowest BCUT2D eigenvalue weighted by Crippen LogP contribution is -2.35. The summed E-state index contributed by atoms with van der Waals surface area (Å²) in [6.45, 7) is 10.6. The van der Waals surface area contributed by atoms with Crippen LogP contribution in [0, 0.1) is 0 Å². The Morgan fingerprint density at radius 1 is 1.12 bits per heavy atom. The van der Waals surface area contributed by atoms with Crippen molar-refractivity contribution in [3.05, 3.63) is 57.8 Å². The molecule has 1 saturated heterocycles. The van der Waals surface area contributed by atoms with Gasteiger partial charge in [0.15, 0.2) is 0 Å². The van der Waals surface area contributed by atoms with Crippen LogP contribution in [0.1, 0.15) is 27.2 Å². The number of nitrogens with one attached hydrogen (secondary N) is 1. The lowest BCUT2D eigenvalue weighted by atomic mass is 10.1. The van der Waals surface area contributed by atoms with Gasteiger partial charge < -0.3 is 10.2 Å². The van der Waals surface area contributed by atoms with E-state index in [4.69, 9.17) is 16.6 Å². The van der Waals surface area contributed by atoms with Gasteiger partial charge in [0.2, 0.25) is 5.91 Å². The summed E-state index contributed by atoms with van der Waals surface area (Å²) in [5, 5.41) is 3.83. The van der Waals surface area contributed by atoms with Gasteiger partial charge in [0, 0.05) is 55.0 Å². The molecular weight excluding hydrogens is 450 g/mol. The largest absolute Gasteiger partial charge is 0.370 e. The Bertz CT molecular complexity index is 1240. The number of benzene rings is 2. The Kier molecular flexibility index (Phi) is 7.54. The number of aromatic nitrogens is 2. The summed E-state index contributed by atoms with van der Waals surface area (Å²) in [5.41, 5.74) is 2.08. The minimum Gasteiger partial charge on any atom is -0.370 e. The summed E-state index contributed by atoms with van der Waals surface area (Å²) in [6, 6.07) is 13.6. The molecule has 1 aliphatic heterocycles. The van der Waals surface area contributed by atoms with Crippen molar-refractivity contribution in [2.75, 3.05) is 37.6 Å². The summed E-state index contributed by atoms with van der Waals surface area (Å²) in [6.07, 6.45) is 1.07. The molecule has 2 heterocycles. The molecule has 0 spiro atoms. The smallest absolute Gasteiger partial charge is 0.262 e. The molecule has 0 bridgehead atoms. The molecule has 2 aromatic carbocycles. The number of hydrogen-bond acceptors (Lipinski definition) is 5. The number of nitrogens with zero attached hydrogens (tertiary/aromatic N) is 4. The number of amides is 1. The van der Waals surface area contributed by atoms with Crippen LogP contribution in [0.15, 0.2) is 47.3 Å². The monoisotopic (exact) mass is 481 g/mol. The Balaban J connectivity index is 1.78. The maximum atomic E-state index is 13.7. The first kappa shape index (κ1) is 24.2. The van der Waals surface area contributed by atoms with Crippen molar-refractivity contribution in [1.82, 2.24) is 19.8 Å². The number of carbonyl (C=O) groups excluding carboxylic acids is 1. The third-order valence-corrected chi connectivity index (χ3v) is 6.56. The number of halogens is 1. The number of rotatable bonds is 6. The van der Waals surface area contributed by atoms with E-state index in [1.54, 1.807) is 12.1 Å². The lowest BCUT2D eigenvalue weighted by molar-refractivity contribution is -0.121. The second kappa shape index (κ2) is 10.6. The van der Waals surface area contributed by atoms with Crippen LogP contribution in [-0.4, -0.2) is 59.1 Å². The van der Waals surface area contributed by atoms with E-state index in [1.165, 1.54) is 4.57 Å². The van der Waals surface area contributed by atoms with Gasteiger partial charge in [-0.1, -0.05) is 23.7 Å². The molecule has 0 unspecified atom stereocenters. The van der Waals surface area contributed by atoms with Gasteiger partial charge in [-0.25, -0.2) is 4.98 Å². The zero-order valence-electron chi connectivity index (χ0n) is 20.1. The first-order valence-electron chi connectivity index (χ1n) is 11.9. The van der Waals surface area contributed by atoms with Crippen LogP contribution >= 0.6 is 11.6 Å². The molecule has 3 aromatic rings. The zero-order valence-corrected chi connectivity index (χ0v) is 20.8. The average Bonchev–Trinajstić information content (AvgIpc) is 3.07. The molecule has 4 rings (SSSR count). The van der Waals surface area contributed by atoms with Crippen molar-refractivity contribution in [3.63, 3.8) is 0 Å². The van der Waals surface area contributed by atoms with Gasteiger partial charge in [0.05, 0.1) is 10.9 Å². The molecule has 1 amide bonds. The predicted molar refractivity (Wildman–Crippen MR) is 139 cm³/mol. The van der Waals surface area contributed by atoms with Crippen LogP contribution in [-0.2, 0) is 11.3 Å². The van der Waals surface area contributed by atoms with E-state index in [0.29, 0.717) is 39.9 Å². The van der Waals surface area contributed by atoms with Crippen LogP contribution in [0.5, 0.6) is 0 Å². The highest BCUT2D eigenvalue weighted by atomic mass is 35.5. The molecule has 34 heavy (non-hydrogen) atoms. The van der Waals surface area contributed by atoms with E-state index in [2.05, 4.69) is 29.0 Å². The van der Waals surface area contributed by atoms with Gasteiger partial charge in [-0.05, 0) is 57.5 Å². The zero-order chi connectivity index (χ0) is 24.2. The molecule has 180 valence electrons. The van der Waals surface area contributed by atoms with Crippen molar-refractivity contribution in [2.24, 2.45) is 0 Å². The minimum absolute atomic E-state index is 0.102. The van der Waals surface area contributed by atoms with Crippen LogP contribution in [0.3, 0.4) is 0 Å². The second-order valence-electron chi connectivity index (χ2n) is 8.96. The van der Waals surface area contributed by atoms with Gasteiger partial charge in [-0.3, -0.25) is 19.1 Å². The number of hydrogen-bond donors (Lipinski definition) is 1. The Labute approximate surface area is 205 Å². The summed E-state index contributed by atoms with van der Waals surface area (Å²) in [5.74, 6) is 0.202. The molecule has 0 atom stereocenters. The SMILES string of the molecule is CCNC(=O)Cn1c(-c2cccc(Cl)c2)nc2ccc(N3CCCN(C(C)C)CC3)cc2c1=O. The highest BCUT2D eigenvalue weighted by Gasteiger charge is 2.20. The van der Waals surface area contributed by atoms with Crippen LogP contribution < -0.4 is 15.8 Å². The fourth-order valence-electron chi connectivity index (χ4n) is 4.51. The van der Waals surface area contributed by atoms with Crippen molar-refractivity contribution in [1.29, 1.82) is 0 Å². The number of anilines is 1. The Hall–Kier alpha value is -2.90. The standard InChI is InChI=1S/C26H32ClN5O2/c1-4-28-24(33)17-32-25(19-7-5-8-20(27)15-19)29-23-10-9-21(16-22(23)26(32)34)31-12-6-11-30(13-14-31)18(2)3/h5,7-10,15-16,18H,4,6,11-14,17H2,1-3H3,(H,28,33).